The molecule has 9 heteroatoms. The fraction of sp³-hybridized carbons (Fsp3) is 0.333. The van der Waals surface area contributed by atoms with Crippen LogP contribution in [-0.2, 0) is 11.2 Å². The fourth-order valence-corrected chi connectivity index (χ4v) is 3.33. The van der Waals surface area contributed by atoms with Gasteiger partial charge in [0.25, 0.3) is 17.4 Å². The maximum absolute atomic E-state index is 12.4. The summed E-state index contributed by atoms with van der Waals surface area (Å²) >= 11 is 0. The number of amides is 2. The Morgan fingerprint density at radius 1 is 1.10 bits per heavy atom. The molecule has 0 spiro atoms. The number of rotatable bonds is 5. The maximum Gasteiger partial charge on any atom is 0.275 e. The predicted octanol–water partition coefficient (Wildman–Crippen LogP) is 1.41. The Morgan fingerprint density at radius 3 is 2.47 bits per heavy atom. The number of ketones is 1. The van der Waals surface area contributed by atoms with Crippen molar-refractivity contribution in [3.63, 3.8) is 0 Å². The highest BCUT2D eigenvalue weighted by molar-refractivity contribution is 6.02. The lowest BCUT2D eigenvalue weighted by Gasteiger charge is -2.29. The van der Waals surface area contributed by atoms with Crippen molar-refractivity contribution in [3.05, 3.63) is 57.5 Å². The minimum Gasteiger partial charge on any atom is -0.497 e. The first kappa shape index (κ1) is 21.1. The molecule has 30 heavy (non-hydrogen) atoms. The Labute approximate surface area is 173 Å². The van der Waals surface area contributed by atoms with Gasteiger partial charge in [0, 0.05) is 23.4 Å². The van der Waals surface area contributed by atoms with E-state index >= 15 is 0 Å². The molecule has 1 aromatic carbocycles. The quantitative estimate of drug-likeness (QED) is 0.550. The number of benzene rings is 1. The Morgan fingerprint density at radius 2 is 1.80 bits per heavy atom. The van der Waals surface area contributed by atoms with Gasteiger partial charge in [-0.05, 0) is 42.2 Å². The molecule has 1 aliphatic carbocycles. The standard InChI is InChI=1S/C21H24N4O5/c1-21(2)9-16-14(17(26)10-21)8-15(19(28)23-16)20(29)25-24-18(27)11-22-12-4-6-13(30-3)7-5-12/h4-8,22H,9-11H2,1-3H3,(H,23,28)(H,24,27)(H,25,29). The first-order chi connectivity index (χ1) is 14.2. The molecule has 2 aromatic rings. The molecule has 0 saturated heterocycles. The lowest BCUT2D eigenvalue weighted by molar-refractivity contribution is -0.120. The highest BCUT2D eigenvalue weighted by Crippen LogP contribution is 2.33. The molecule has 0 bridgehead atoms. The molecule has 2 amide bonds. The Hall–Kier alpha value is -3.62. The highest BCUT2D eigenvalue weighted by atomic mass is 16.5. The normalized spacial score (nSPS) is 14.4. The largest absolute Gasteiger partial charge is 0.497 e. The third-order valence-electron chi connectivity index (χ3n) is 4.82. The molecule has 1 aromatic heterocycles. The first-order valence-electron chi connectivity index (χ1n) is 9.45. The van der Waals surface area contributed by atoms with E-state index in [4.69, 9.17) is 4.74 Å². The van der Waals surface area contributed by atoms with E-state index in [9.17, 15) is 19.2 Å². The number of fused-ring (bicyclic) bond motifs is 1. The van der Waals surface area contributed by atoms with Gasteiger partial charge < -0.3 is 15.0 Å². The highest BCUT2D eigenvalue weighted by Gasteiger charge is 2.32. The monoisotopic (exact) mass is 412 g/mol. The number of anilines is 1. The van der Waals surface area contributed by atoms with Gasteiger partial charge in [-0.15, -0.1) is 0 Å². The number of aromatic amines is 1. The van der Waals surface area contributed by atoms with Crippen LogP contribution in [0.25, 0.3) is 0 Å². The minimum absolute atomic E-state index is 0.0965. The Bertz CT molecular complexity index is 1040. The van der Waals surface area contributed by atoms with Crippen LogP contribution in [0.3, 0.4) is 0 Å². The van der Waals surface area contributed by atoms with Gasteiger partial charge in [-0.3, -0.25) is 30.0 Å². The third-order valence-corrected chi connectivity index (χ3v) is 4.82. The summed E-state index contributed by atoms with van der Waals surface area (Å²) in [5.41, 5.74) is 4.93. The van der Waals surface area contributed by atoms with Gasteiger partial charge in [-0.1, -0.05) is 13.8 Å². The molecule has 1 aliphatic rings. The number of aromatic nitrogens is 1. The molecule has 4 N–H and O–H groups in total. The molecule has 0 fully saturated rings. The molecule has 0 radical (unpaired) electrons. The number of nitrogens with one attached hydrogen (secondary N) is 4. The van der Waals surface area contributed by atoms with Gasteiger partial charge in [-0.25, -0.2) is 0 Å². The number of pyridine rings is 1. The summed E-state index contributed by atoms with van der Waals surface area (Å²) < 4.78 is 5.06. The van der Waals surface area contributed by atoms with Crippen molar-refractivity contribution < 1.29 is 19.1 Å². The summed E-state index contributed by atoms with van der Waals surface area (Å²) in [5, 5.41) is 2.89. The number of Topliss-reactive ketones (excluding diaryl/α,β-unsaturated/α-hetero) is 1. The summed E-state index contributed by atoms with van der Waals surface area (Å²) in [5.74, 6) is -0.741. The zero-order valence-electron chi connectivity index (χ0n) is 17.0. The zero-order valence-corrected chi connectivity index (χ0v) is 17.0. The number of hydrogen-bond donors (Lipinski definition) is 4. The van der Waals surface area contributed by atoms with Gasteiger partial charge in [0.2, 0.25) is 0 Å². The lowest BCUT2D eigenvalue weighted by atomic mass is 9.75. The van der Waals surface area contributed by atoms with Crippen LogP contribution in [-0.4, -0.2) is 36.2 Å². The molecule has 1 heterocycles. The fourth-order valence-electron chi connectivity index (χ4n) is 3.33. The molecule has 0 unspecified atom stereocenters. The topological polar surface area (TPSA) is 129 Å². The van der Waals surface area contributed by atoms with Crippen LogP contribution < -0.4 is 26.5 Å². The SMILES string of the molecule is COc1ccc(NCC(=O)NNC(=O)c2cc3c([nH]c2=O)CC(C)(C)CC3=O)cc1. The van der Waals surface area contributed by atoms with Gasteiger partial charge in [0.1, 0.15) is 11.3 Å². The minimum atomic E-state index is -0.797. The molecule has 158 valence electrons. The van der Waals surface area contributed by atoms with E-state index in [0.29, 0.717) is 35.5 Å². The van der Waals surface area contributed by atoms with Crippen LogP contribution in [0.4, 0.5) is 5.69 Å². The van der Waals surface area contributed by atoms with Gasteiger partial charge >= 0.3 is 0 Å². The van der Waals surface area contributed by atoms with Crippen molar-refractivity contribution in [1.82, 2.24) is 15.8 Å². The van der Waals surface area contributed by atoms with Crippen molar-refractivity contribution >= 4 is 23.3 Å². The lowest BCUT2D eigenvalue weighted by Crippen LogP contribution is -2.45. The Balaban J connectivity index is 1.59. The van der Waals surface area contributed by atoms with Crippen LogP contribution in [0.1, 0.15) is 46.7 Å². The van der Waals surface area contributed by atoms with Crippen LogP contribution in [0.15, 0.2) is 35.1 Å². The van der Waals surface area contributed by atoms with Crippen molar-refractivity contribution in [2.45, 2.75) is 26.7 Å². The summed E-state index contributed by atoms with van der Waals surface area (Å²) in [6.07, 6.45) is 0.875. The number of H-pyrrole nitrogens is 1. The average molecular weight is 412 g/mol. The van der Waals surface area contributed by atoms with Crippen molar-refractivity contribution in [2.75, 3.05) is 19.0 Å². The van der Waals surface area contributed by atoms with Crippen LogP contribution in [0.5, 0.6) is 5.75 Å². The maximum atomic E-state index is 12.4. The summed E-state index contributed by atoms with van der Waals surface area (Å²) in [4.78, 5) is 51.6. The average Bonchev–Trinajstić information content (AvgIpc) is 2.69. The third kappa shape index (κ3) is 4.86. The molecule has 0 aliphatic heterocycles. The van der Waals surface area contributed by atoms with Crippen molar-refractivity contribution in [3.8, 4) is 5.75 Å². The smallest absolute Gasteiger partial charge is 0.275 e. The van der Waals surface area contributed by atoms with E-state index in [1.165, 1.54) is 6.07 Å². The van der Waals surface area contributed by atoms with Crippen LogP contribution in [0.2, 0.25) is 0 Å². The number of carbonyl (C=O) groups is 3. The second-order valence-corrected chi connectivity index (χ2v) is 7.93. The van der Waals surface area contributed by atoms with E-state index in [-0.39, 0.29) is 23.3 Å². The van der Waals surface area contributed by atoms with Gasteiger partial charge in [-0.2, -0.15) is 0 Å². The van der Waals surface area contributed by atoms with E-state index in [2.05, 4.69) is 21.2 Å². The first-order valence-corrected chi connectivity index (χ1v) is 9.45. The van der Waals surface area contributed by atoms with Crippen molar-refractivity contribution in [1.29, 1.82) is 0 Å². The molecule has 3 rings (SSSR count). The molecule has 0 saturated carbocycles. The predicted molar refractivity (Wildman–Crippen MR) is 111 cm³/mol. The summed E-state index contributed by atoms with van der Waals surface area (Å²) in [7, 11) is 1.56. The van der Waals surface area contributed by atoms with Gasteiger partial charge in [0.15, 0.2) is 5.78 Å². The van der Waals surface area contributed by atoms with E-state index in [1.807, 2.05) is 13.8 Å². The van der Waals surface area contributed by atoms with E-state index < -0.39 is 17.4 Å². The van der Waals surface area contributed by atoms with Crippen molar-refractivity contribution in [2.24, 2.45) is 5.41 Å². The van der Waals surface area contributed by atoms with Gasteiger partial charge in [0.05, 0.1) is 13.7 Å². The zero-order chi connectivity index (χ0) is 21.9. The second kappa shape index (κ2) is 8.40. The number of methoxy groups -OCH3 is 1. The molecule has 9 nitrogen and oxygen atoms in total. The summed E-state index contributed by atoms with van der Waals surface area (Å²) in [6, 6.07) is 8.27. The number of ether oxygens (including phenoxy) is 1. The molecule has 0 atom stereocenters. The number of carbonyl (C=O) groups excluding carboxylic acids is 3. The Kier molecular flexibility index (Phi) is 5.91. The van der Waals surface area contributed by atoms with Crippen LogP contribution in [0, 0.1) is 5.41 Å². The number of hydrazine groups is 1. The number of hydrogen-bond acceptors (Lipinski definition) is 6. The summed E-state index contributed by atoms with van der Waals surface area (Å²) in [6.45, 7) is 3.80. The molecular formula is C21H24N4O5. The molecular weight excluding hydrogens is 388 g/mol. The second-order valence-electron chi connectivity index (χ2n) is 7.93. The van der Waals surface area contributed by atoms with Crippen LogP contribution >= 0.6 is 0 Å². The van der Waals surface area contributed by atoms with E-state index in [0.717, 1.165) is 0 Å². The van der Waals surface area contributed by atoms with E-state index in [1.54, 1.807) is 31.4 Å².